The van der Waals surface area contributed by atoms with Gasteiger partial charge in [0.05, 0.1) is 10.4 Å². The zero-order chi connectivity index (χ0) is 22.2. The number of hydrogen-bond acceptors (Lipinski definition) is 6. The molecule has 0 atom stereocenters. The predicted octanol–water partition coefficient (Wildman–Crippen LogP) is 2.52. The third kappa shape index (κ3) is 4.19. The second-order valence-corrected chi connectivity index (χ2v) is 10.2. The third-order valence-electron chi connectivity index (χ3n) is 4.84. The Balaban J connectivity index is 1.90. The standard InChI is InChI=1S/C21H18N4O4S2/c1-23-31(28,29)17-4-2-3-15(9-17)19-7-8-25-21-6-5-14(11-20(19)21)16-10-18(13-24-12-16)30(22,26)27/h2-13,23H,1H3,(H2,22,26,27). The predicted molar refractivity (Wildman–Crippen MR) is 118 cm³/mol. The molecule has 158 valence electrons. The second-order valence-electron chi connectivity index (χ2n) is 6.78. The quantitative estimate of drug-likeness (QED) is 0.476. The minimum Gasteiger partial charge on any atom is -0.263 e. The SMILES string of the molecule is CNS(=O)(=O)c1cccc(-c2ccnc3ccc(-c4cncc(S(N)(=O)=O)c4)cc23)c1. The monoisotopic (exact) mass is 454 g/mol. The summed E-state index contributed by atoms with van der Waals surface area (Å²) in [4.78, 5) is 8.44. The van der Waals surface area contributed by atoms with E-state index in [0.717, 1.165) is 16.5 Å². The zero-order valence-corrected chi connectivity index (χ0v) is 18.0. The van der Waals surface area contributed by atoms with E-state index >= 15 is 0 Å². The van der Waals surface area contributed by atoms with E-state index in [2.05, 4.69) is 14.7 Å². The molecule has 0 radical (unpaired) electrons. The molecular formula is C21H18N4O4S2. The lowest BCUT2D eigenvalue weighted by atomic mass is 9.98. The summed E-state index contributed by atoms with van der Waals surface area (Å²) in [6.07, 6.45) is 4.40. The van der Waals surface area contributed by atoms with Crippen LogP contribution >= 0.6 is 0 Å². The van der Waals surface area contributed by atoms with Crippen molar-refractivity contribution >= 4 is 30.9 Å². The van der Waals surface area contributed by atoms with Crippen LogP contribution in [0.5, 0.6) is 0 Å². The van der Waals surface area contributed by atoms with E-state index in [1.807, 2.05) is 24.3 Å². The van der Waals surface area contributed by atoms with Gasteiger partial charge in [-0.2, -0.15) is 0 Å². The molecule has 4 aromatic rings. The number of benzene rings is 2. The molecule has 2 heterocycles. The normalized spacial score (nSPS) is 12.2. The fourth-order valence-corrected chi connectivity index (χ4v) is 4.53. The fourth-order valence-electron chi connectivity index (χ4n) is 3.26. The minimum atomic E-state index is -3.89. The van der Waals surface area contributed by atoms with Crippen LogP contribution < -0.4 is 9.86 Å². The first-order valence-electron chi connectivity index (χ1n) is 9.10. The summed E-state index contributed by atoms with van der Waals surface area (Å²) in [6, 6.07) is 15.4. The Morgan fingerprint density at radius 2 is 1.61 bits per heavy atom. The molecule has 0 aliphatic rings. The first-order valence-corrected chi connectivity index (χ1v) is 12.1. The van der Waals surface area contributed by atoms with Crippen molar-refractivity contribution in [3.8, 4) is 22.3 Å². The third-order valence-corrected chi connectivity index (χ3v) is 7.13. The molecule has 0 saturated heterocycles. The number of nitrogens with zero attached hydrogens (tertiary/aromatic N) is 2. The Morgan fingerprint density at radius 1 is 0.839 bits per heavy atom. The van der Waals surface area contributed by atoms with E-state index in [1.54, 1.807) is 30.6 Å². The van der Waals surface area contributed by atoms with E-state index in [1.165, 1.54) is 25.4 Å². The van der Waals surface area contributed by atoms with Gasteiger partial charge >= 0.3 is 0 Å². The highest BCUT2D eigenvalue weighted by Gasteiger charge is 2.14. The Kier molecular flexibility index (Phi) is 5.31. The summed E-state index contributed by atoms with van der Waals surface area (Å²) in [7, 11) is -6.12. The van der Waals surface area contributed by atoms with Crippen LogP contribution in [0.4, 0.5) is 0 Å². The number of aromatic nitrogens is 2. The number of fused-ring (bicyclic) bond motifs is 1. The van der Waals surface area contributed by atoms with Gasteiger partial charge in [-0.05, 0) is 60.1 Å². The van der Waals surface area contributed by atoms with E-state index in [9.17, 15) is 16.8 Å². The summed E-state index contributed by atoms with van der Waals surface area (Å²) in [5, 5.41) is 6.00. The van der Waals surface area contributed by atoms with Gasteiger partial charge in [0.1, 0.15) is 4.90 Å². The maximum Gasteiger partial charge on any atom is 0.240 e. The lowest BCUT2D eigenvalue weighted by molar-refractivity contribution is 0.588. The average Bonchev–Trinajstić information content (AvgIpc) is 2.78. The molecule has 8 nitrogen and oxygen atoms in total. The largest absolute Gasteiger partial charge is 0.263 e. The number of pyridine rings is 2. The lowest BCUT2D eigenvalue weighted by Gasteiger charge is -2.11. The number of hydrogen-bond donors (Lipinski definition) is 2. The van der Waals surface area contributed by atoms with E-state index in [4.69, 9.17) is 5.14 Å². The number of sulfonamides is 2. The van der Waals surface area contributed by atoms with E-state index in [0.29, 0.717) is 16.6 Å². The maximum absolute atomic E-state index is 12.2. The molecule has 2 aromatic heterocycles. The number of nitrogens with two attached hydrogens (primary N) is 1. The highest BCUT2D eigenvalue weighted by molar-refractivity contribution is 7.89. The summed E-state index contributed by atoms with van der Waals surface area (Å²) in [6.45, 7) is 0. The minimum absolute atomic E-state index is 0.0820. The molecule has 0 unspecified atom stereocenters. The molecule has 0 amide bonds. The molecule has 2 aromatic carbocycles. The van der Waals surface area contributed by atoms with Gasteiger partial charge in [0.25, 0.3) is 0 Å². The van der Waals surface area contributed by atoms with Gasteiger partial charge in [-0.1, -0.05) is 18.2 Å². The number of primary sulfonamides is 1. The van der Waals surface area contributed by atoms with E-state index in [-0.39, 0.29) is 9.79 Å². The van der Waals surface area contributed by atoms with Crippen molar-refractivity contribution in [2.45, 2.75) is 9.79 Å². The molecule has 0 saturated carbocycles. The van der Waals surface area contributed by atoms with Crippen LogP contribution in [0.25, 0.3) is 33.2 Å². The molecule has 0 fully saturated rings. The summed E-state index contributed by atoms with van der Waals surface area (Å²) in [5.41, 5.74) is 3.50. The van der Waals surface area contributed by atoms with Gasteiger partial charge in [0, 0.05) is 29.5 Å². The van der Waals surface area contributed by atoms with Crippen molar-refractivity contribution in [3.63, 3.8) is 0 Å². The first-order chi connectivity index (χ1) is 14.7. The van der Waals surface area contributed by atoms with E-state index < -0.39 is 20.0 Å². The van der Waals surface area contributed by atoms with Crippen molar-refractivity contribution < 1.29 is 16.8 Å². The van der Waals surface area contributed by atoms with Crippen LogP contribution in [0.1, 0.15) is 0 Å². The molecule has 0 aliphatic heterocycles. The molecule has 31 heavy (non-hydrogen) atoms. The highest BCUT2D eigenvalue weighted by atomic mass is 32.2. The van der Waals surface area contributed by atoms with Crippen molar-refractivity contribution in [1.82, 2.24) is 14.7 Å². The fraction of sp³-hybridized carbons (Fsp3) is 0.0476. The van der Waals surface area contributed by atoms with Crippen LogP contribution in [0.2, 0.25) is 0 Å². The van der Waals surface area contributed by atoms with Gasteiger partial charge in [-0.15, -0.1) is 0 Å². The van der Waals surface area contributed by atoms with Crippen LogP contribution in [0.3, 0.4) is 0 Å². The smallest absolute Gasteiger partial charge is 0.240 e. The molecule has 0 bridgehead atoms. The van der Waals surface area contributed by atoms with Crippen LogP contribution in [0.15, 0.2) is 83.0 Å². The zero-order valence-electron chi connectivity index (χ0n) is 16.3. The number of rotatable bonds is 5. The molecule has 4 rings (SSSR count). The molecule has 0 spiro atoms. The van der Waals surface area contributed by atoms with Crippen molar-refractivity contribution in [2.24, 2.45) is 5.14 Å². The van der Waals surface area contributed by atoms with Gasteiger partial charge in [-0.3, -0.25) is 9.97 Å². The molecular weight excluding hydrogens is 436 g/mol. The Morgan fingerprint density at radius 3 is 2.35 bits per heavy atom. The maximum atomic E-state index is 12.2. The van der Waals surface area contributed by atoms with Gasteiger partial charge in [0.15, 0.2) is 0 Å². The van der Waals surface area contributed by atoms with Crippen LogP contribution in [-0.2, 0) is 20.0 Å². The molecule has 3 N–H and O–H groups in total. The highest BCUT2D eigenvalue weighted by Crippen LogP contribution is 2.32. The average molecular weight is 455 g/mol. The van der Waals surface area contributed by atoms with Gasteiger partial charge < -0.3 is 0 Å². The van der Waals surface area contributed by atoms with Crippen LogP contribution in [-0.4, -0.2) is 33.9 Å². The Hall–Kier alpha value is -3.18. The van der Waals surface area contributed by atoms with Gasteiger partial charge in [-0.25, -0.2) is 26.7 Å². The van der Waals surface area contributed by atoms with Crippen molar-refractivity contribution in [1.29, 1.82) is 0 Å². The van der Waals surface area contributed by atoms with Crippen molar-refractivity contribution in [3.05, 3.63) is 73.2 Å². The Bertz CT molecular complexity index is 1520. The van der Waals surface area contributed by atoms with Crippen LogP contribution in [0, 0.1) is 0 Å². The summed E-state index contributed by atoms with van der Waals surface area (Å²) in [5.74, 6) is 0. The van der Waals surface area contributed by atoms with Crippen molar-refractivity contribution in [2.75, 3.05) is 7.05 Å². The lowest BCUT2D eigenvalue weighted by Crippen LogP contribution is -2.18. The Labute approximate surface area is 179 Å². The number of nitrogens with one attached hydrogen (secondary N) is 1. The molecule has 0 aliphatic carbocycles. The summed E-state index contributed by atoms with van der Waals surface area (Å²) >= 11 is 0. The van der Waals surface area contributed by atoms with Gasteiger partial charge in [0.2, 0.25) is 20.0 Å². The summed E-state index contributed by atoms with van der Waals surface area (Å²) < 4.78 is 50.1. The second kappa shape index (κ2) is 7.82. The topological polar surface area (TPSA) is 132 Å². The first kappa shape index (κ1) is 21.1. The molecule has 10 heteroatoms.